The van der Waals surface area contributed by atoms with Gasteiger partial charge in [-0.15, -0.1) is 6.58 Å². The normalized spacial score (nSPS) is 24.0. The molecule has 0 saturated carbocycles. The molecule has 1 aliphatic heterocycles. The number of carbonyl (C=O) groups excluding carboxylic acids is 1. The van der Waals surface area contributed by atoms with Gasteiger partial charge in [-0.2, -0.15) is 0 Å². The molecule has 0 radical (unpaired) electrons. The van der Waals surface area contributed by atoms with Crippen LogP contribution in [0.4, 0.5) is 4.79 Å². The molecule has 1 heterocycles. The van der Waals surface area contributed by atoms with Crippen LogP contribution in [0, 0.1) is 5.41 Å². The molecule has 23 heavy (non-hydrogen) atoms. The molecule has 0 aliphatic carbocycles. The maximum absolute atomic E-state index is 12.5. The van der Waals surface area contributed by atoms with Crippen LogP contribution in [0.15, 0.2) is 43.0 Å². The molecule has 0 unspecified atom stereocenters. The van der Waals surface area contributed by atoms with Crippen molar-refractivity contribution in [1.82, 2.24) is 9.80 Å². The summed E-state index contributed by atoms with van der Waals surface area (Å²) in [5.41, 5.74) is 1.08. The molecule has 0 spiro atoms. The Morgan fingerprint density at radius 3 is 2.74 bits per heavy atom. The first-order chi connectivity index (χ1) is 11.0. The predicted molar refractivity (Wildman–Crippen MR) is 93.2 cm³/mol. The monoisotopic (exact) mass is 316 g/mol. The molecule has 2 rings (SSSR count). The Labute approximate surface area is 139 Å². The number of hydrogen-bond acceptors (Lipinski definition) is 3. The number of allylic oxidation sites excluding steroid dienone is 1. The summed E-state index contributed by atoms with van der Waals surface area (Å²) in [5, 5.41) is 0. The van der Waals surface area contributed by atoms with E-state index in [1.165, 1.54) is 0 Å². The molecule has 1 aromatic rings. The number of hydrogen-bond donors (Lipinski definition) is 0. The van der Waals surface area contributed by atoms with Crippen LogP contribution in [0.2, 0.25) is 0 Å². The van der Waals surface area contributed by atoms with Gasteiger partial charge in [0.05, 0.1) is 0 Å². The van der Waals surface area contributed by atoms with Gasteiger partial charge >= 0.3 is 6.09 Å². The number of amides is 1. The van der Waals surface area contributed by atoms with Crippen LogP contribution in [-0.4, -0.2) is 49.1 Å². The average Bonchev–Trinajstić information content (AvgIpc) is 2.83. The van der Waals surface area contributed by atoms with Crippen molar-refractivity contribution in [3.05, 3.63) is 48.6 Å². The van der Waals surface area contributed by atoms with E-state index in [1.807, 2.05) is 41.3 Å². The summed E-state index contributed by atoms with van der Waals surface area (Å²) < 4.78 is 5.51. The van der Waals surface area contributed by atoms with Gasteiger partial charge in [-0.25, -0.2) is 4.79 Å². The van der Waals surface area contributed by atoms with Crippen molar-refractivity contribution in [3.63, 3.8) is 0 Å². The summed E-state index contributed by atoms with van der Waals surface area (Å²) in [6.45, 7) is 8.05. The molecular weight excluding hydrogens is 288 g/mol. The maximum atomic E-state index is 12.5. The number of rotatable bonds is 6. The Hall–Kier alpha value is -1.81. The largest absolute Gasteiger partial charge is 0.445 e. The highest BCUT2D eigenvalue weighted by molar-refractivity contribution is 5.68. The molecule has 1 fully saturated rings. The fraction of sp³-hybridized carbons (Fsp3) is 0.526. The van der Waals surface area contributed by atoms with Crippen LogP contribution >= 0.6 is 0 Å². The van der Waals surface area contributed by atoms with Crippen LogP contribution in [0.25, 0.3) is 0 Å². The van der Waals surface area contributed by atoms with Gasteiger partial charge in [0, 0.05) is 24.5 Å². The summed E-state index contributed by atoms with van der Waals surface area (Å²) in [5.74, 6) is 0. The molecule has 1 saturated heterocycles. The predicted octanol–water partition coefficient (Wildman–Crippen LogP) is 3.54. The number of likely N-dealkylation sites (tertiary alicyclic amines) is 1. The van der Waals surface area contributed by atoms with E-state index in [0.29, 0.717) is 6.61 Å². The van der Waals surface area contributed by atoms with Crippen LogP contribution in [0.3, 0.4) is 0 Å². The van der Waals surface area contributed by atoms with Crippen LogP contribution in [-0.2, 0) is 11.3 Å². The molecular formula is C19H28N2O2. The summed E-state index contributed by atoms with van der Waals surface area (Å²) in [6.07, 6.45) is 3.65. The smallest absolute Gasteiger partial charge is 0.410 e. The minimum absolute atomic E-state index is 0.0665. The third kappa shape index (κ3) is 4.14. The molecule has 126 valence electrons. The summed E-state index contributed by atoms with van der Waals surface area (Å²) in [4.78, 5) is 16.5. The van der Waals surface area contributed by atoms with Gasteiger partial charge in [-0.1, -0.05) is 36.4 Å². The van der Waals surface area contributed by atoms with Crippen molar-refractivity contribution in [3.8, 4) is 0 Å². The van der Waals surface area contributed by atoms with E-state index in [9.17, 15) is 4.79 Å². The van der Waals surface area contributed by atoms with Crippen molar-refractivity contribution in [2.45, 2.75) is 32.4 Å². The van der Waals surface area contributed by atoms with E-state index in [2.05, 4.69) is 32.5 Å². The van der Waals surface area contributed by atoms with Gasteiger partial charge in [0.15, 0.2) is 0 Å². The van der Waals surface area contributed by atoms with Crippen LogP contribution < -0.4 is 0 Å². The topological polar surface area (TPSA) is 32.8 Å². The number of nitrogens with zero attached hydrogens (tertiary/aromatic N) is 2. The molecule has 4 nitrogen and oxygen atoms in total. The molecule has 4 heteroatoms. The zero-order chi connectivity index (χ0) is 16.9. The lowest BCUT2D eigenvalue weighted by molar-refractivity contribution is 0.0756. The first kappa shape index (κ1) is 17.5. The van der Waals surface area contributed by atoms with Crippen molar-refractivity contribution in [2.75, 3.05) is 27.2 Å². The Balaban J connectivity index is 2.00. The Morgan fingerprint density at radius 2 is 2.13 bits per heavy atom. The van der Waals surface area contributed by atoms with Gasteiger partial charge in [0.1, 0.15) is 6.61 Å². The molecule has 0 aromatic heterocycles. The maximum Gasteiger partial charge on any atom is 0.410 e. The van der Waals surface area contributed by atoms with E-state index in [4.69, 9.17) is 4.74 Å². The first-order valence-corrected chi connectivity index (χ1v) is 8.21. The van der Waals surface area contributed by atoms with Crippen molar-refractivity contribution < 1.29 is 9.53 Å². The second-order valence-electron chi connectivity index (χ2n) is 6.75. The fourth-order valence-electron chi connectivity index (χ4n) is 3.59. The number of benzene rings is 1. The van der Waals surface area contributed by atoms with Gasteiger partial charge in [0.25, 0.3) is 0 Å². The lowest BCUT2D eigenvalue weighted by Gasteiger charge is -2.37. The second-order valence-corrected chi connectivity index (χ2v) is 6.75. The second kappa shape index (κ2) is 7.64. The van der Waals surface area contributed by atoms with E-state index in [0.717, 1.165) is 31.5 Å². The van der Waals surface area contributed by atoms with Crippen molar-refractivity contribution in [1.29, 1.82) is 0 Å². The van der Waals surface area contributed by atoms with Gasteiger partial charge in [-0.3, -0.25) is 0 Å². The zero-order valence-corrected chi connectivity index (χ0v) is 14.5. The highest BCUT2D eigenvalue weighted by Gasteiger charge is 2.46. The van der Waals surface area contributed by atoms with Crippen molar-refractivity contribution >= 4 is 6.09 Å². The summed E-state index contributed by atoms with van der Waals surface area (Å²) in [7, 11) is 4.15. The lowest BCUT2D eigenvalue weighted by atomic mass is 9.77. The SMILES string of the molecule is C=CC[C@]1(CN(C)C)CCN(C(=O)OCc2ccccc2)[C@@H]1C. The van der Waals surface area contributed by atoms with E-state index in [1.54, 1.807) is 0 Å². The third-order valence-electron chi connectivity index (χ3n) is 4.83. The molecule has 0 N–H and O–H groups in total. The van der Waals surface area contributed by atoms with E-state index >= 15 is 0 Å². The minimum atomic E-state index is -0.217. The minimum Gasteiger partial charge on any atom is -0.445 e. The standard InChI is InChI=1S/C19H28N2O2/c1-5-11-19(15-20(3)4)12-13-21(16(19)2)18(22)23-14-17-9-7-6-8-10-17/h5-10,16H,1,11-15H2,2-4H3/t16-,19-/m1/s1. The number of ether oxygens (including phenoxy) is 1. The number of carbonyl (C=O) groups is 1. The summed E-state index contributed by atoms with van der Waals surface area (Å²) in [6, 6.07) is 9.94. The lowest BCUT2D eigenvalue weighted by Crippen LogP contribution is -2.45. The molecule has 0 bridgehead atoms. The zero-order valence-electron chi connectivity index (χ0n) is 14.5. The highest BCUT2D eigenvalue weighted by Crippen LogP contribution is 2.41. The Bertz CT molecular complexity index is 529. The molecule has 1 aliphatic rings. The van der Waals surface area contributed by atoms with Gasteiger partial charge in [-0.05, 0) is 39.4 Å². The molecule has 1 amide bonds. The highest BCUT2D eigenvalue weighted by atomic mass is 16.6. The van der Waals surface area contributed by atoms with Gasteiger partial charge < -0.3 is 14.5 Å². The van der Waals surface area contributed by atoms with E-state index < -0.39 is 0 Å². The summed E-state index contributed by atoms with van der Waals surface area (Å²) >= 11 is 0. The molecule has 1 aromatic carbocycles. The van der Waals surface area contributed by atoms with E-state index in [-0.39, 0.29) is 17.6 Å². The molecule has 2 atom stereocenters. The van der Waals surface area contributed by atoms with Crippen LogP contribution in [0.5, 0.6) is 0 Å². The Kier molecular flexibility index (Phi) is 5.83. The first-order valence-electron chi connectivity index (χ1n) is 8.21. The fourth-order valence-corrected chi connectivity index (χ4v) is 3.59. The quantitative estimate of drug-likeness (QED) is 0.753. The third-order valence-corrected chi connectivity index (χ3v) is 4.83. The van der Waals surface area contributed by atoms with Crippen LogP contribution in [0.1, 0.15) is 25.3 Å². The average molecular weight is 316 g/mol. The Morgan fingerprint density at radius 1 is 1.43 bits per heavy atom. The van der Waals surface area contributed by atoms with Gasteiger partial charge in [0.2, 0.25) is 0 Å². The van der Waals surface area contributed by atoms with Crippen molar-refractivity contribution in [2.24, 2.45) is 5.41 Å².